The monoisotopic (exact) mass is 308 g/mol. The summed E-state index contributed by atoms with van der Waals surface area (Å²) in [6.45, 7) is 1.93. The molecule has 0 aromatic carbocycles. The molecule has 5 heteroatoms. The Morgan fingerprint density at radius 2 is 1.53 bits per heavy atom. The van der Waals surface area contributed by atoms with Crippen LogP contribution < -0.4 is 0 Å². The number of ether oxygens (including phenoxy) is 2. The van der Waals surface area contributed by atoms with Gasteiger partial charge in [0, 0.05) is 0 Å². The fraction of sp³-hybridized carbons (Fsp3) is 0.600. The molecule has 3 heterocycles. The van der Waals surface area contributed by atoms with E-state index in [9.17, 15) is 0 Å². The van der Waals surface area contributed by atoms with Gasteiger partial charge < -0.3 is 0 Å². The van der Waals surface area contributed by atoms with Crippen molar-refractivity contribution in [2.24, 2.45) is 0 Å². The summed E-state index contributed by atoms with van der Waals surface area (Å²) in [4.78, 5) is 7.74. The van der Waals surface area contributed by atoms with Crippen molar-refractivity contribution in [1.82, 2.24) is 0 Å². The summed E-state index contributed by atoms with van der Waals surface area (Å²) in [5, 5.41) is 0. The molecule has 2 nitrogen and oxygen atoms in total. The van der Waals surface area contributed by atoms with Crippen LogP contribution in [0.3, 0.4) is 0 Å². The second kappa shape index (κ2) is 4.86. The van der Waals surface area contributed by atoms with Crippen LogP contribution in [0.2, 0.25) is 0 Å². The van der Waals surface area contributed by atoms with Gasteiger partial charge in [-0.05, 0) is 0 Å². The van der Waals surface area contributed by atoms with E-state index in [1.54, 1.807) is 0 Å². The molecule has 0 spiro atoms. The molecule has 2 aliphatic rings. The average molecular weight is 307 g/mol. The molecule has 0 amide bonds. The van der Waals surface area contributed by atoms with Crippen molar-refractivity contribution in [3.63, 3.8) is 0 Å². The van der Waals surface area contributed by atoms with Crippen molar-refractivity contribution in [3.05, 3.63) is 9.88 Å². The van der Waals surface area contributed by atoms with Gasteiger partial charge in [-0.15, -0.1) is 0 Å². The molecule has 2 fully saturated rings. The zero-order valence-corrected chi connectivity index (χ0v) is 11.5. The minimum atomic E-state index is 0.530. The Labute approximate surface area is 104 Å². The second-order valence-corrected chi connectivity index (χ2v) is 7.32. The van der Waals surface area contributed by atoms with Crippen LogP contribution in [0.1, 0.15) is 0 Å². The predicted molar refractivity (Wildman–Crippen MR) is 64.3 cm³/mol. The van der Waals surface area contributed by atoms with Gasteiger partial charge in [-0.25, -0.2) is 0 Å². The van der Waals surface area contributed by atoms with Crippen molar-refractivity contribution in [2.45, 2.75) is 22.0 Å². The first kappa shape index (κ1) is 10.8. The Kier molecular flexibility index (Phi) is 3.48. The summed E-state index contributed by atoms with van der Waals surface area (Å²) >= 11 is 4.50. The first-order valence-electron chi connectivity index (χ1n) is 4.97. The van der Waals surface area contributed by atoms with E-state index in [-0.39, 0.29) is 0 Å². The molecule has 15 heavy (non-hydrogen) atoms. The summed E-state index contributed by atoms with van der Waals surface area (Å²) < 4.78 is 10.4. The third-order valence-corrected chi connectivity index (χ3v) is 6.98. The van der Waals surface area contributed by atoms with Crippen LogP contribution in [0.25, 0.3) is 0 Å². The molecule has 1 aromatic heterocycles. The zero-order valence-electron chi connectivity index (χ0n) is 8.18. The van der Waals surface area contributed by atoms with E-state index in [0.717, 1.165) is 24.7 Å². The number of hydrogen-bond acceptors (Lipinski definition) is 4. The zero-order chi connectivity index (χ0) is 10.1. The van der Waals surface area contributed by atoms with Gasteiger partial charge in [-0.2, -0.15) is 0 Å². The molecule has 82 valence electrons. The van der Waals surface area contributed by atoms with Gasteiger partial charge in [-0.3, -0.25) is 0 Å². The van der Waals surface area contributed by atoms with Gasteiger partial charge in [0.05, 0.1) is 0 Å². The van der Waals surface area contributed by atoms with Crippen molar-refractivity contribution in [1.29, 1.82) is 0 Å². The van der Waals surface area contributed by atoms with Crippen LogP contribution in [0.15, 0.2) is 19.7 Å². The van der Waals surface area contributed by atoms with E-state index in [1.807, 2.05) is 23.5 Å². The first-order chi connectivity index (χ1) is 7.42. The maximum absolute atomic E-state index is 5.22. The Morgan fingerprint density at radius 1 is 1.07 bits per heavy atom. The molecule has 0 aliphatic carbocycles. The summed E-state index contributed by atoms with van der Waals surface area (Å²) in [7, 11) is 0. The summed E-state index contributed by atoms with van der Waals surface area (Å²) in [6.07, 6.45) is 1.06. The molecule has 0 bridgehead atoms. The third kappa shape index (κ3) is 3.29. The van der Waals surface area contributed by atoms with Gasteiger partial charge in [0.15, 0.2) is 0 Å². The van der Waals surface area contributed by atoms with E-state index < -0.39 is 0 Å². The molecule has 0 N–H and O–H groups in total. The van der Waals surface area contributed by atoms with Crippen LogP contribution in [-0.4, -0.2) is 51.4 Å². The van der Waals surface area contributed by atoms with Crippen LogP contribution in [0.4, 0.5) is 0 Å². The number of epoxide rings is 2. The quantitative estimate of drug-likeness (QED) is 0.454. The van der Waals surface area contributed by atoms with Gasteiger partial charge in [0.2, 0.25) is 0 Å². The molecule has 2 aliphatic heterocycles. The van der Waals surface area contributed by atoms with E-state index >= 15 is 0 Å². The van der Waals surface area contributed by atoms with Crippen LogP contribution in [0.5, 0.6) is 0 Å². The molecule has 2 unspecified atom stereocenters. The van der Waals surface area contributed by atoms with Crippen molar-refractivity contribution in [3.8, 4) is 0 Å². The van der Waals surface area contributed by atoms with E-state index in [1.165, 1.54) is 9.79 Å². The number of thioether (sulfide) groups is 2. The van der Waals surface area contributed by atoms with Gasteiger partial charge in [0.1, 0.15) is 0 Å². The normalized spacial score (nSPS) is 28.0. The Bertz CT molecular complexity index is 303. The van der Waals surface area contributed by atoms with Crippen molar-refractivity contribution >= 4 is 38.0 Å². The van der Waals surface area contributed by atoms with Crippen molar-refractivity contribution in [2.75, 3.05) is 24.7 Å². The molecule has 2 saturated heterocycles. The van der Waals surface area contributed by atoms with Gasteiger partial charge >= 0.3 is 104 Å². The van der Waals surface area contributed by atoms with E-state index in [0.29, 0.717) is 26.7 Å². The SMILES string of the molecule is c1[se]cc(SCC2CO2)c1SCC1CO1. The predicted octanol–water partition coefficient (Wildman–Crippen LogP) is 1.73. The number of hydrogen-bond donors (Lipinski definition) is 0. The van der Waals surface area contributed by atoms with Gasteiger partial charge in [0.25, 0.3) is 0 Å². The Hall–Kier alpha value is 0.619. The first-order valence-corrected chi connectivity index (χ1v) is 8.92. The summed E-state index contributed by atoms with van der Waals surface area (Å²) in [5.41, 5.74) is 0. The van der Waals surface area contributed by atoms with Crippen LogP contribution in [0, 0.1) is 0 Å². The molecule has 0 radical (unpaired) electrons. The molecular formula is C10H12O2S2Se. The summed E-state index contributed by atoms with van der Waals surface area (Å²) in [6, 6.07) is 0. The van der Waals surface area contributed by atoms with Crippen LogP contribution in [-0.2, 0) is 9.47 Å². The Balaban J connectivity index is 1.52. The van der Waals surface area contributed by atoms with E-state index in [4.69, 9.17) is 9.47 Å². The standard InChI is InChI=1S/C10H12O2S2Se/c1-7(11-1)3-13-9-5-15-6-10(9)14-4-8-2-12-8/h5-8H,1-4H2. The fourth-order valence-corrected chi connectivity index (χ4v) is 6.15. The molecule has 2 atom stereocenters. The molecule has 1 aromatic rings. The van der Waals surface area contributed by atoms with Gasteiger partial charge in [-0.1, -0.05) is 0 Å². The topological polar surface area (TPSA) is 25.1 Å². The van der Waals surface area contributed by atoms with Crippen molar-refractivity contribution < 1.29 is 9.47 Å². The number of rotatable bonds is 6. The summed E-state index contributed by atoms with van der Waals surface area (Å²) in [5.74, 6) is 2.25. The second-order valence-electron chi connectivity index (χ2n) is 3.63. The fourth-order valence-electron chi connectivity index (χ4n) is 1.18. The molecule has 0 saturated carbocycles. The maximum atomic E-state index is 5.22. The molecule has 3 rings (SSSR count). The minimum absolute atomic E-state index is 0.530. The average Bonchev–Trinajstić information content (AvgIpc) is 3.14. The third-order valence-electron chi connectivity index (χ3n) is 2.25. The van der Waals surface area contributed by atoms with Crippen LogP contribution >= 0.6 is 23.5 Å². The van der Waals surface area contributed by atoms with E-state index in [2.05, 4.69) is 9.88 Å². The Morgan fingerprint density at radius 3 is 1.93 bits per heavy atom. The molecular weight excluding hydrogens is 295 g/mol.